The van der Waals surface area contributed by atoms with E-state index in [4.69, 9.17) is 4.74 Å². The molecule has 30 heavy (non-hydrogen) atoms. The van der Waals surface area contributed by atoms with E-state index in [1.165, 1.54) is 23.6 Å². The normalized spacial score (nSPS) is 16.2. The van der Waals surface area contributed by atoms with Gasteiger partial charge < -0.3 is 15.4 Å². The minimum atomic E-state index is -3.45. The van der Waals surface area contributed by atoms with Crippen LogP contribution in [0.2, 0.25) is 0 Å². The lowest BCUT2D eigenvalue weighted by molar-refractivity contribution is 0.0732. The van der Waals surface area contributed by atoms with E-state index in [9.17, 15) is 8.42 Å². The first-order valence-electron chi connectivity index (χ1n) is 10.2. The summed E-state index contributed by atoms with van der Waals surface area (Å²) in [5.41, 5.74) is 1.31. The molecule has 0 unspecified atom stereocenters. The molecule has 2 N–H and O–H groups in total. The van der Waals surface area contributed by atoms with Crippen molar-refractivity contribution in [3.8, 4) is 0 Å². The second-order valence-corrected chi connectivity index (χ2v) is 10.1. The molecule has 0 bridgehead atoms. The summed E-state index contributed by atoms with van der Waals surface area (Å²) in [5, 5.41) is 6.74. The first-order chi connectivity index (χ1) is 13.7. The molecule has 1 saturated carbocycles. The number of halogens is 1. The largest absolute Gasteiger partial charge is 0.385 e. The van der Waals surface area contributed by atoms with Crippen molar-refractivity contribution >= 4 is 40.0 Å². The maximum Gasteiger partial charge on any atom is 0.243 e. The molecule has 0 saturated heterocycles. The molecule has 1 aliphatic carbocycles. The van der Waals surface area contributed by atoms with E-state index in [1.807, 2.05) is 26.0 Å². The highest BCUT2D eigenvalue weighted by Gasteiger charge is 2.36. The number of rotatable bonds is 10. The SMILES string of the molecule is CN=C(NCc1ccc(S(=O)(=O)N(C)C(C)C)cc1)NCC1(CCOC)CCC1.I. The van der Waals surface area contributed by atoms with Crippen LogP contribution < -0.4 is 10.6 Å². The van der Waals surface area contributed by atoms with Gasteiger partial charge in [-0.2, -0.15) is 4.31 Å². The quantitative estimate of drug-likeness (QED) is 0.265. The molecule has 1 fully saturated rings. The molecule has 9 heteroatoms. The van der Waals surface area contributed by atoms with Crippen molar-refractivity contribution in [3.63, 3.8) is 0 Å². The number of sulfonamides is 1. The fraction of sp³-hybridized carbons (Fsp3) is 0.667. The Morgan fingerprint density at radius 3 is 2.33 bits per heavy atom. The summed E-state index contributed by atoms with van der Waals surface area (Å²) in [5.74, 6) is 0.755. The Labute approximate surface area is 199 Å². The molecular formula is C21H37IN4O3S. The first-order valence-corrected chi connectivity index (χ1v) is 11.7. The standard InChI is InChI=1S/C21H36N4O3S.HI/c1-17(2)25(4)29(26,27)19-9-7-18(8-10-19)15-23-20(22-3)24-16-21(11-6-12-21)13-14-28-5;/h7-10,17H,6,11-16H2,1-5H3,(H2,22,23,24);1H. The summed E-state index contributed by atoms with van der Waals surface area (Å²) in [6.45, 7) is 5.96. The van der Waals surface area contributed by atoms with E-state index in [-0.39, 0.29) is 30.0 Å². The van der Waals surface area contributed by atoms with Gasteiger partial charge in [0.2, 0.25) is 10.0 Å². The molecule has 1 aromatic carbocycles. The molecule has 172 valence electrons. The van der Waals surface area contributed by atoms with Crippen LogP contribution in [-0.4, -0.2) is 59.1 Å². The predicted octanol–water partition coefficient (Wildman–Crippen LogP) is 3.21. The minimum Gasteiger partial charge on any atom is -0.385 e. The summed E-state index contributed by atoms with van der Waals surface area (Å²) in [4.78, 5) is 4.62. The van der Waals surface area contributed by atoms with Crippen LogP contribution in [0.5, 0.6) is 0 Å². The molecule has 7 nitrogen and oxygen atoms in total. The molecular weight excluding hydrogens is 515 g/mol. The summed E-state index contributed by atoms with van der Waals surface area (Å²) < 4.78 is 31.7. The zero-order valence-corrected chi connectivity index (χ0v) is 21.9. The smallest absolute Gasteiger partial charge is 0.243 e. The number of guanidine groups is 1. The lowest BCUT2D eigenvalue weighted by atomic mass is 9.67. The summed E-state index contributed by atoms with van der Waals surface area (Å²) >= 11 is 0. The molecule has 0 amide bonds. The van der Waals surface area contributed by atoms with Crippen molar-refractivity contribution in [2.24, 2.45) is 10.4 Å². The summed E-state index contributed by atoms with van der Waals surface area (Å²) in [6.07, 6.45) is 4.79. The van der Waals surface area contributed by atoms with Crippen LogP contribution in [0, 0.1) is 5.41 Å². The van der Waals surface area contributed by atoms with Gasteiger partial charge in [-0.3, -0.25) is 4.99 Å². The van der Waals surface area contributed by atoms with Crippen molar-refractivity contribution in [2.45, 2.75) is 57.0 Å². The number of benzene rings is 1. The molecule has 1 aliphatic rings. The number of nitrogens with one attached hydrogen (secondary N) is 2. The monoisotopic (exact) mass is 552 g/mol. The number of ether oxygens (including phenoxy) is 1. The Morgan fingerprint density at radius 1 is 1.23 bits per heavy atom. The molecule has 0 radical (unpaired) electrons. The van der Waals surface area contributed by atoms with Gasteiger partial charge in [-0.05, 0) is 56.2 Å². The van der Waals surface area contributed by atoms with Crippen LogP contribution in [0.1, 0.15) is 45.1 Å². The molecule has 2 rings (SSSR count). The topological polar surface area (TPSA) is 83.0 Å². The van der Waals surface area contributed by atoms with Crippen molar-refractivity contribution in [1.82, 2.24) is 14.9 Å². The van der Waals surface area contributed by atoms with Gasteiger partial charge in [-0.1, -0.05) is 18.6 Å². The van der Waals surface area contributed by atoms with Crippen molar-refractivity contribution < 1.29 is 13.2 Å². The van der Waals surface area contributed by atoms with E-state index in [0.717, 1.165) is 31.1 Å². The number of aliphatic imine (C=N–C) groups is 1. The summed E-state index contributed by atoms with van der Waals surface area (Å²) in [7, 11) is 1.66. The first kappa shape index (κ1) is 27.1. The van der Waals surface area contributed by atoms with Crippen LogP contribution in [0.3, 0.4) is 0 Å². The Hall–Kier alpha value is -0.910. The molecule has 0 aromatic heterocycles. The highest BCUT2D eigenvalue weighted by atomic mass is 127. The van der Waals surface area contributed by atoms with Crippen LogP contribution in [-0.2, 0) is 21.3 Å². The van der Waals surface area contributed by atoms with Gasteiger partial charge in [0.15, 0.2) is 5.96 Å². The zero-order valence-electron chi connectivity index (χ0n) is 18.8. The van der Waals surface area contributed by atoms with Crippen LogP contribution in [0.25, 0.3) is 0 Å². The molecule has 0 spiro atoms. The second-order valence-electron chi connectivity index (χ2n) is 8.13. The molecule has 0 aliphatic heterocycles. The lowest BCUT2D eigenvalue weighted by Gasteiger charge is -2.42. The van der Waals surface area contributed by atoms with Crippen molar-refractivity contribution in [3.05, 3.63) is 29.8 Å². The number of methoxy groups -OCH3 is 1. The Bertz CT molecular complexity index is 778. The third-order valence-corrected chi connectivity index (χ3v) is 7.94. The molecule has 1 aromatic rings. The van der Waals surface area contributed by atoms with Gasteiger partial charge in [0.05, 0.1) is 4.90 Å². The van der Waals surface area contributed by atoms with Gasteiger partial charge in [0, 0.05) is 46.9 Å². The van der Waals surface area contributed by atoms with Gasteiger partial charge in [0.1, 0.15) is 0 Å². The number of nitrogens with zero attached hydrogens (tertiary/aromatic N) is 2. The maximum absolute atomic E-state index is 12.6. The fourth-order valence-electron chi connectivity index (χ4n) is 3.41. The van der Waals surface area contributed by atoms with E-state index >= 15 is 0 Å². The van der Waals surface area contributed by atoms with Crippen molar-refractivity contribution in [2.75, 3.05) is 34.4 Å². The van der Waals surface area contributed by atoms with E-state index in [1.54, 1.807) is 33.3 Å². The van der Waals surface area contributed by atoms with Crippen molar-refractivity contribution in [1.29, 1.82) is 0 Å². The van der Waals surface area contributed by atoms with Crippen LogP contribution >= 0.6 is 24.0 Å². The highest BCUT2D eigenvalue weighted by Crippen LogP contribution is 2.43. The number of hydrogen-bond donors (Lipinski definition) is 2. The lowest BCUT2D eigenvalue weighted by Crippen LogP contribution is -2.46. The van der Waals surface area contributed by atoms with E-state index in [2.05, 4.69) is 15.6 Å². The van der Waals surface area contributed by atoms with Gasteiger partial charge in [-0.15, -0.1) is 24.0 Å². The Kier molecular flexibility index (Phi) is 11.0. The predicted molar refractivity (Wildman–Crippen MR) is 133 cm³/mol. The average molecular weight is 553 g/mol. The van der Waals surface area contributed by atoms with Gasteiger partial charge >= 0.3 is 0 Å². The number of hydrogen-bond acceptors (Lipinski definition) is 4. The molecule has 0 atom stereocenters. The summed E-state index contributed by atoms with van der Waals surface area (Å²) in [6, 6.07) is 6.92. The van der Waals surface area contributed by atoms with Crippen LogP contribution in [0.15, 0.2) is 34.2 Å². The second kappa shape index (κ2) is 12.2. The van der Waals surface area contributed by atoms with Gasteiger partial charge in [0.25, 0.3) is 0 Å². The fourth-order valence-corrected chi connectivity index (χ4v) is 4.78. The Balaban J connectivity index is 0.00000450. The molecule has 0 heterocycles. The highest BCUT2D eigenvalue weighted by molar-refractivity contribution is 14.0. The van der Waals surface area contributed by atoms with Crippen LogP contribution in [0.4, 0.5) is 0 Å². The zero-order chi connectivity index (χ0) is 21.5. The van der Waals surface area contributed by atoms with E-state index in [0.29, 0.717) is 16.9 Å². The Morgan fingerprint density at radius 2 is 1.87 bits per heavy atom. The van der Waals surface area contributed by atoms with E-state index < -0.39 is 10.0 Å². The third-order valence-electron chi connectivity index (χ3n) is 5.89. The van der Waals surface area contributed by atoms with Gasteiger partial charge in [-0.25, -0.2) is 8.42 Å². The third kappa shape index (κ3) is 7.06. The maximum atomic E-state index is 12.6. The minimum absolute atomic E-state index is 0. The average Bonchev–Trinajstić information content (AvgIpc) is 2.68.